The Balaban J connectivity index is 2.12. The molecule has 0 unspecified atom stereocenters. The van der Waals surface area contributed by atoms with Crippen molar-refractivity contribution in [2.45, 2.75) is 13.1 Å². The number of aromatic nitrogens is 2. The molecule has 106 valence electrons. The molecule has 1 aromatic carbocycles. The van der Waals surface area contributed by atoms with Gasteiger partial charge in [0.15, 0.2) is 0 Å². The summed E-state index contributed by atoms with van der Waals surface area (Å²) in [7, 11) is 0. The smallest absolute Gasteiger partial charge is 0.283 e. The van der Waals surface area contributed by atoms with E-state index in [1.165, 1.54) is 10.9 Å². The van der Waals surface area contributed by atoms with Crippen LogP contribution >= 0.6 is 15.9 Å². The van der Waals surface area contributed by atoms with Crippen LogP contribution in [-0.2, 0) is 13.1 Å². The van der Waals surface area contributed by atoms with E-state index in [1.54, 1.807) is 24.3 Å². The fraction of sp³-hybridized carbons (Fsp3) is 0.231. The number of benzene rings is 1. The lowest BCUT2D eigenvalue weighted by atomic mass is 10.2. The van der Waals surface area contributed by atoms with Gasteiger partial charge in [0.2, 0.25) is 0 Å². The minimum absolute atomic E-state index is 0.139. The maximum atomic E-state index is 11.9. The quantitative estimate of drug-likeness (QED) is 0.764. The number of rotatable bonds is 5. The van der Waals surface area contributed by atoms with Crippen LogP contribution in [-0.4, -0.2) is 26.6 Å². The van der Waals surface area contributed by atoms with E-state index in [-0.39, 0.29) is 24.5 Å². The molecule has 6 nitrogen and oxygen atoms in total. The first-order valence-corrected chi connectivity index (χ1v) is 6.79. The van der Waals surface area contributed by atoms with Crippen molar-refractivity contribution in [3.63, 3.8) is 0 Å². The monoisotopic (exact) mass is 339 g/mol. The van der Waals surface area contributed by atoms with E-state index in [0.717, 1.165) is 5.56 Å². The molecule has 0 atom stereocenters. The molecule has 0 spiro atoms. The minimum atomic E-state index is -0.297. The molecule has 7 heteroatoms. The third kappa shape index (κ3) is 3.37. The summed E-state index contributed by atoms with van der Waals surface area (Å²) in [5.74, 6) is 0.211. The van der Waals surface area contributed by atoms with Crippen LogP contribution in [0.15, 0.2) is 39.7 Å². The number of hydrogen-bond acceptors (Lipinski definition) is 5. The van der Waals surface area contributed by atoms with E-state index in [9.17, 15) is 9.90 Å². The second-order valence-corrected chi connectivity index (χ2v) is 4.94. The highest BCUT2D eigenvalue weighted by atomic mass is 79.9. The Bertz CT molecular complexity index is 640. The molecule has 3 N–H and O–H groups in total. The molecule has 0 aliphatic carbocycles. The number of aliphatic hydroxyl groups excluding tert-OH is 1. The number of phenols is 1. The lowest BCUT2D eigenvalue weighted by Crippen LogP contribution is -2.25. The third-order valence-corrected chi connectivity index (χ3v) is 3.48. The van der Waals surface area contributed by atoms with Crippen LogP contribution in [0.5, 0.6) is 5.75 Å². The molecule has 20 heavy (non-hydrogen) atoms. The molecule has 0 bridgehead atoms. The average Bonchev–Trinajstić information content (AvgIpc) is 2.45. The molecular formula is C13H14BrN3O3. The second kappa shape index (κ2) is 6.53. The predicted molar refractivity (Wildman–Crippen MR) is 78.7 cm³/mol. The van der Waals surface area contributed by atoms with Crippen molar-refractivity contribution >= 4 is 21.6 Å². The molecular weight excluding hydrogens is 326 g/mol. The van der Waals surface area contributed by atoms with Crippen LogP contribution in [0.1, 0.15) is 5.56 Å². The van der Waals surface area contributed by atoms with Crippen molar-refractivity contribution in [3.8, 4) is 5.75 Å². The van der Waals surface area contributed by atoms with Gasteiger partial charge in [-0.2, -0.15) is 5.10 Å². The van der Waals surface area contributed by atoms with E-state index in [0.29, 0.717) is 16.7 Å². The largest absolute Gasteiger partial charge is 0.508 e. The molecule has 0 aliphatic rings. The van der Waals surface area contributed by atoms with Gasteiger partial charge in [0.05, 0.1) is 25.0 Å². The predicted octanol–water partition coefficient (Wildman–Crippen LogP) is 1.32. The van der Waals surface area contributed by atoms with Gasteiger partial charge in [-0.05, 0) is 33.6 Å². The fourth-order valence-corrected chi connectivity index (χ4v) is 2.10. The van der Waals surface area contributed by atoms with Gasteiger partial charge in [-0.15, -0.1) is 0 Å². The Morgan fingerprint density at radius 3 is 2.65 bits per heavy atom. The highest BCUT2D eigenvalue weighted by Gasteiger charge is 2.08. The summed E-state index contributed by atoms with van der Waals surface area (Å²) in [6, 6.07) is 6.78. The van der Waals surface area contributed by atoms with Crippen LogP contribution < -0.4 is 10.9 Å². The van der Waals surface area contributed by atoms with Gasteiger partial charge < -0.3 is 15.5 Å². The van der Waals surface area contributed by atoms with Crippen LogP contribution in [0.2, 0.25) is 0 Å². The van der Waals surface area contributed by atoms with Crippen molar-refractivity contribution in [2.75, 3.05) is 11.9 Å². The molecule has 0 radical (unpaired) electrons. The van der Waals surface area contributed by atoms with Crippen molar-refractivity contribution in [2.24, 2.45) is 0 Å². The van der Waals surface area contributed by atoms with E-state index in [1.807, 2.05) is 0 Å². The van der Waals surface area contributed by atoms with Crippen LogP contribution in [0.25, 0.3) is 0 Å². The van der Waals surface area contributed by atoms with E-state index < -0.39 is 0 Å². The summed E-state index contributed by atoms with van der Waals surface area (Å²) < 4.78 is 1.57. The fourth-order valence-electron chi connectivity index (χ4n) is 1.65. The van der Waals surface area contributed by atoms with Crippen LogP contribution in [0.3, 0.4) is 0 Å². The number of nitrogens with one attached hydrogen (secondary N) is 1. The Kier molecular flexibility index (Phi) is 4.75. The number of nitrogens with zero attached hydrogens (tertiary/aromatic N) is 2. The maximum absolute atomic E-state index is 11.9. The Hall–Kier alpha value is -1.86. The van der Waals surface area contributed by atoms with E-state index >= 15 is 0 Å². The summed E-state index contributed by atoms with van der Waals surface area (Å²) in [6.45, 7) is 0.527. The first kappa shape index (κ1) is 14.5. The van der Waals surface area contributed by atoms with Crippen LogP contribution in [0.4, 0.5) is 5.69 Å². The summed E-state index contributed by atoms with van der Waals surface area (Å²) >= 11 is 3.23. The average molecular weight is 340 g/mol. The summed E-state index contributed by atoms with van der Waals surface area (Å²) in [6.07, 6.45) is 1.53. The molecule has 0 saturated heterocycles. The molecule has 0 fully saturated rings. The van der Waals surface area contributed by atoms with Crippen molar-refractivity contribution in [1.82, 2.24) is 9.78 Å². The number of anilines is 1. The molecule has 1 heterocycles. The van der Waals surface area contributed by atoms with Crippen LogP contribution in [0, 0.1) is 0 Å². The molecule has 0 amide bonds. The van der Waals surface area contributed by atoms with Crippen molar-refractivity contribution in [3.05, 3.63) is 50.9 Å². The maximum Gasteiger partial charge on any atom is 0.283 e. The zero-order valence-corrected chi connectivity index (χ0v) is 12.2. The SMILES string of the molecule is O=c1c(Br)c(NCc2ccc(O)cc2)cnn1CCO. The normalized spacial score (nSPS) is 10.5. The van der Waals surface area contributed by atoms with Gasteiger partial charge in [0.25, 0.3) is 5.56 Å². The first-order chi connectivity index (χ1) is 9.61. The van der Waals surface area contributed by atoms with Gasteiger partial charge >= 0.3 is 0 Å². The second-order valence-electron chi connectivity index (χ2n) is 4.14. The topological polar surface area (TPSA) is 87.4 Å². The van der Waals surface area contributed by atoms with Gasteiger partial charge in [-0.25, -0.2) is 4.68 Å². The van der Waals surface area contributed by atoms with E-state index in [4.69, 9.17) is 5.11 Å². The van der Waals surface area contributed by atoms with Gasteiger partial charge in [0, 0.05) is 6.54 Å². The number of hydrogen-bond donors (Lipinski definition) is 3. The standard InChI is InChI=1S/C13H14BrN3O3/c14-12-11(8-16-17(5-6-18)13(12)20)15-7-9-1-3-10(19)4-2-9/h1-4,8,15,18-19H,5-7H2. The van der Waals surface area contributed by atoms with Gasteiger partial charge in [0.1, 0.15) is 10.2 Å². The lowest BCUT2D eigenvalue weighted by molar-refractivity contribution is 0.266. The number of halogens is 1. The summed E-state index contributed by atoms with van der Waals surface area (Å²) in [5.41, 5.74) is 1.25. The van der Waals surface area contributed by atoms with Gasteiger partial charge in [-0.1, -0.05) is 12.1 Å². The van der Waals surface area contributed by atoms with Crippen molar-refractivity contribution in [1.29, 1.82) is 0 Å². The lowest BCUT2D eigenvalue weighted by Gasteiger charge is -2.10. The molecule has 0 saturated carbocycles. The Labute approximate surface area is 123 Å². The first-order valence-electron chi connectivity index (χ1n) is 6.00. The Morgan fingerprint density at radius 1 is 1.30 bits per heavy atom. The molecule has 2 rings (SSSR count). The van der Waals surface area contributed by atoms with Gasteiger partial charge in [-0.3, -0.25) is 4.79 Å². The number of aromatic hydroxyl groups is 1. The highest BCUT2D eigenvalue weighted by molar-refractivity contribution is 9.10. The molecule has 2 aromatic rings. The Morgan fingerprint density at radius 2 is 2.00 bits per heavy atom. The summed E-state index contributed by atoms with van der Waals surface area (Å²) in [5, 5.41) is 25.1. The minimum Gasteiger partial charge on any atom is -0.508 e. The molecule has 1 aromatic heterocycles. The number of phenolic OH excluding ortho intramolecular Hbond substituents is 1. The zero-order valence-electron chi connectivity index (χ0n) is 10.6. The third-order valence-electron chi connectivity index (χ3n) is 2.72. The zero-order chi connectivity index (χ0) is 14.5. The highest BCUT2D eigenvalue weighted by Crippen LogP contribution is 2.18. The molecule has 0 aliphatic heterocycles. The summed E-state index contributed by atoms with van der Waals surface area (Å²) in [4.78, 5) is 11.9. The van der Waals surface area contributed by atoms with Crippen molar-refractivity contribution < 1.29 is 10.2 Å². The number of aliphatic hydroxyl groups is 1. The van der Waals surface area contributed by atoms with E-state index in [2.05, 4.69) is 26.3 Å².